The minimum atomic E-state index is -0.346. The molecule has 1 N–H and O–H groups in total. The van der Waals surface area contributed by atoms with Gasteiger partial charge in [-0.2, -0.15) is 5.26 Å². The van der Waals surface area contributed by atoms with Gasteiger partial charge in [-0.3, -0.25) is 4.79 Å². The van der Waals surface area contributed by atoms with Gasteiger partial charge < -0.3 is 10.2 Å². The molecule has 0 unspecified atom stereocenters. The van der Waals surface area contributed by atoms with Crippen molar-refractivity contribution in [3.05, 3.63) is 0 Å². The van der Waals surface area contributed by atoms with Gasteiger partial charge in [-0.05, 0) is 25.7 Å². The summed E-state index contributed by atoms with van der Waals surface area (Å²) < 4.78 is 0. The van der Waals surface area contributed by atoms with Gasteiger partial charge in [0.1, 0.15) is 6.04 Å². The molecule has 4 nitrogen and oxygen atoms in total. The summed E-state index contributed by atoms with van der Waals surface area (Å²) in [6.45, 7) is 0.307. The van der Waals surface area contributed by atoms with E-state index in [0.29, 0.717) is 19.0 Å². The summed E-state index contributed by atoms with van der Waals surface area (Å²) in [4.78, 5) is 13.8. The average Bonchev–Trinajstić information content (AvgIpc) is 2.89. The predicted molar refractivity (Wildman–Crippen MR) is 73.0 cm³/mol. The predicted octanol–water partition coefficient (Wildman–Crippen LogP) is 1.43. The Morgan fingerprint density at radius 2 is 1.89 bits per heavy atom. The fraction of sp³-hybridized carbons (Fsp3) is 0.733. The standard InChI is InChI=1S/C15H21N3O/c1-2-13-8-9-14(10-16)18(13)15(19)11-17-12-6-4-3-5-7-12/h1,12-14,17H,3-9,11H2/t13-,14+/m1/s1. The zero-order chi connectivity index (χ0) is 13.7. The van der Waals surface area contributed by atoms with Crippen molar-refractivity contribution in [3.63, 3.8) is 0 Å². The number of rotatable bonds is 3. The van der Waals surface area contributed by atoms with Crippen LogP contribution < -0.4 is 5.32 Å². The molecule has 4 heteroatoms. The maximum Gasteiger partial charge on any atom is 0.238 e. The summed E-state index contributed by atoms with van der Waals surface area (Å²) in [5.41, 5.74) is 0. The van der Waals surface area contributed by atoms with Gasteiger partial charge in [0.2, 0.25) is 5.91 Å². The molecule has 1 saturated heterocycles. The second kappa shape index (κ2) is 6.59. The van der Waals surface area contributed by atoms with E-state index in [-0.39, 0.29) is 18.0 Å². The zero-order valence-corrected chi connectivity index (χ0v) is 11.3. The van der Waals surface area contributed by atoms with Crippen LogP contribution in [0.15, 0.2) is 0 Å². The Morgan fingerprint density at radius 3 is 2.53 bits per heavy atom. The van der Waals surface area contributed by atoms with Gasteiger partial charge in [-0.1, -0.05) is 25.2 Å². The van der Waals surface area contributed by atoms with Crippen LogP contribution in [0.25, 0.3) is 0 Å². The quantitative estimate of drug-likeness (QED) is 0.780. The highest BCUT2D eigenvalue weighted by atomic mass is 16.2. The molecule has 1 aliphatic carbocycles. The fourth-order valence-corrected chi connectivity index (χ4v) is 3.08. The van der Waals surface area contributed by atoms with E-state index in [1.54, 1.807) is 4.90 Å². The fourth-order valence-electron chi connectivity index (χ4n) is 3.08. The van der Waals surface area contributed by atoms with E-state index < -0.39 is 0 Å². The van der Waals surface area contributed by atoms with Gasteiger partial charge in [0.25, 0.3) is 0 Å². The van der Waals surface area contributed by atoms with Crippen molar-refractivity contribution < 1.29 is 4.79 Å². The van der Waals surface area contributed by atoms with Crippen molar-refractivity contribution >= 4 is 5.91 Å². The number of amides is 1. The molecule has 2 atom stereocenters. The monoisotopic (exact) mass is 259 g/mol. The molecule has 0 aromatic rings. The Morgan fingerprint density at radius 1 is 1.21 bits per heavy atom. The van der Waals surface area contributed by atoms with E-state index in [9.17, 15) is 4.79 Å². The number of likely N-dealkylation sites (tertiary alicyclic amines) is 1. The van der Waals surface area contributed by atoms with Crippen molar-refractivity contribution in [1.82, 2.24) is 10.2 Å². The average molecular weight is 259 g/mol. The Bertz CT molecular complexity index is 379. The Labute approximate surface area is 115 Å². The second-order valence-corrected chi connectivity index (χ2v) is 5.42. The second-order valence-electron chi connectivity index (χ2n) is 5.42. The minimum Gasteiger partial charge on any atom is -0.312 e. The lowest BCUT2D eigenvalue weighted by Crippen LogP contribution is -2.46. The normalized spacial score (nSPS) is 27.8. The third-order valence-electron chi connectivity index (χ3n) is 4.16. The Hall–Kier alpha value is -1.52. The van der Waals surface area contributed by atoms with Crippen LogP contribution in [0.4, 0.5) is 0 Å². The van der Waals surface area contributed by atoms with Crippen LogP contribution in [-0.4, -0.2) is 35.5 Å². The van der Waals surface area contributed by atoms with Crippen LogP contribution >= 0.6 is 0 Å². The number of carbonyl (C=O) groups is 1. The smallest absolute Gasteiger partial charge is 0.238 e. The van der Waals surface area contributed by atoms with Gasteiger partial charge in [0, 0.05) is 6.04 Å². The van der Waals surface area contributed by atoms with Gasteiger partial charge in [-0.25, -0.2) is 0 Å². The lowest BCUT2D eigenvalue weighted by Gasteiger charge is -2.27. The molecule has 102 valence electrons. The summed E-state index contributed by atoms with van der Waals surface area (Å²) in [5.74, 6) is 2.59. The molecule has 2 rings (SSSR count). The van der Waals surface area contributed by atoms with Gasteiger partial charge in [0.05, 0.1) is 18.7 Å². The molecule has 1 amide bonds. The van der Waals surface area contributed by atoms with E-state index in [4.69, 9.17) is 11.7 Å². The van der Waals surface area contributed by atoms with Crippen molar-refractivity contribution in [1.29, 1.82) is 5.26 Å². The molecule has 2 fully saturated rings. The molecule has 0 aromatic carbocycles. The van der Waals surface area contributed by atoms with Crippen LogP contribution in [0.1, 0.15) is 44.9 Å². The Kier molecular flexibility index (Phi) is 4.82. The first-order chi connectivity index (χ1) is 9.26. The lowest BCUT2D eigenvalue weighted by atomic mass is 9.95. The summed E-state index contributed by atoms with van der Waals surface area (Å²) in [5, 5.41) is 12.4. The van der Waals surface area contributed by atoms with Crippen LogP contribution in [0, 0.1) is 23.7 Å². The summed E-state index contributed by atoms with van der Waals surface area (Å²) in [6, 6.07) is 2.08. The van der Waals surface area contributed by atoms with E-state index in [2.05, 4.69) is 17.3 Å². The molecule has 1 saturated carbocycles. The van der Waals surface area contributed by atoms with Crippen molar-refractivity contribution in [2.75, 3.05) is 6.54 Å². The number of hydrogen-bond acceptors (Lipinski definition) is 3. The van der Waals surface area contributed by atoms with Gasteiger partial charge in [0.15, 0.2) is 0 Å². The highest BCUT2D eigenvalue weighted by molar-refractivity contribution is 5.80. The summed E-state index contributed by atoms with van der Waals surface area (Å²) >= 11 is 0. The lowest BCUT2D eigenvalue weighted by molar-refractivity contribution is -0.131. The van der Waals surface area contributed by atoms with E-state index in [1.807, 2.05) is 0 Å². The largest absolute Gasteiger partial charge is 0.312 e. The van der Waals surface area contributed by atoms with Crippen molar-refractivity contribution in [2.45, 2.75) is 63.1 Å². The van der Waals surface area contributed by atoms with Crippen LogP contribution in [0.5, 0.6) is 0 Å². The number of hydrogen-bond donors (Lipinski definition) is 1. The summed E-state index contributed by atoms with van der Waals surface area (Å²) in [7, 11) is 0. The first-order valence-electron chi connectivity index (χ1n) is 7.16. The highest BCUT2D eigenvalue weighted by Gasteiger charge is 2.35. The van der Waals surface area contributed by atoms with Crippen LogP contribution in [0.3, 0.4) is 0 Å². The molecule has 19 heavy (non-hydrogen) atoms. The zero-order valence-electron chi connectivity index (χ0n) is 11.3. The number of terminal acetylenes is 1. The van der Waals surface area contributed by atoms with E-state index in [0.717, 1.165) is 19.3 Å². The molecule has 0 bridgehead atoms. The number of nitrogens with one attached hydrogen (secondary N) is 1. The van der Waals surface area contributed by atoms with Gasteiger partial charge >= 0.3 is 0 Å². The number of nitrogens with zero attached hydrogens (tertiary/aromatic N) is 2. The maximum atomic E-state index is 12.2. The molecule has 1 heterocycles. The molecule has 0 aromatic heterocycles. The van der Waals surface area contributed by atoms with Gasteiger partial charge in [-0.15, -0.1) is 6.42 Å². The third kappa shape index (κ3) is 3.28. The summed E-state index contributed by atoms with van der Waals surface area (Å²) in [6.07, 6.45) is 13.0. The molecule has 0 radical (unpaired) electrons. The highest BCUT2D eigenvalue weighted by Crippen LogP contribution is 2.23. The van der Waals surface area contributed by atoms with E-state index >= 15 is 0 Å². The number of nitriles is 1. The topological polar surface area (TPSA) is 56.1 Å². The molecular weight excluding hydrogens is 238 g/mol. The van der Waals surface area contributed by atoms with Crippen molar-refractivity contribution in [2.24, 2.45) is 0 Å². The molecule has 2 aliphatic rings. The molecular formula is C15H21N3O. The van der Waals surface area contributed by atoms with Crippen LogP contribution in [-0.2, 0) is 4.79 Å². The number of carbonyl (C=O) groups excluding carboxylic acids is 1. The first-order valence-corrected chi connectivity index (χ1v) is 7.16. The maximum absolute atomic E-state index is 12.2. The molecule has 0 spiro atoms. The third-order valence-corrected chi connectivity index (χ3v) is 4.16. The Balaban J connectivity index is 1.87. The van der Waals surface area contributed by atoms with Crippen LogP contribution in [0.2, 0.25) is 0 Å². The first kappa shape index (κ1) is 13.9. The van der Waals surface area contributed by atoms with Crippen molar-refractivity contribution in [3.8, 4) is 18.4 Å². The van der Waals surface area contributed by atoms with E-state index in [1.165, 1.54) is 19.3 Å². The minimum absolute atomic E-state index is 0.0300. The molecule has 1 aliphatic heterocycles. The SMILES string of the molecule is C#C[C@@H]1CC[C@@H](C#N)N1C(=O)CNC1CCCCC1.